The van der Waals surface area contributed by atoms with Gasteiger partial charge in [-0.25, -0.2) is 5.43 Å². The van der Waals surface area contributed by atoms with Gasteiger partial charge >= 0.3 is 0 Å². The van der Waals surface area contributed by atoms with E-state index in [4.69, 9.17) is 0 Å². The summed E-state index contributed by atoms with van der Waals surface area (Å²) in [5.74, 6) is -0.456. The molecule has 0 aliphatic heterocycles. The summed E-state index contributed by atoms with van der Waals surface area (Å²) in [6, 6.07) is 17.8. The van der Waals surface area contributed by atoms with Gasteiger partial charge < -0.3 is 9.88 Å². The van der Waals surface area contributed by atoms with Crippen LogP contribution in [0.15, 0.2) is 65.1 Å². The summed E-state index contributed by atoms with van der Waals surface area (Å²) in [4.78, 5) is 25.0. The number of carbonyl (C=O) groups is 2. The zero-order valence-corrected chi connectivity index (χ0v) is 17.6. The Morgan fingerprint density at radius 1 is 1.03 bits per heavy atom. The van der Waals surface area contributed by atoms with Crippen molar-refractivity contribution < 1.29 is 9.59 Å². The first kappa shape index (κ1) is 19.8. The Kier molecular flexibility index (Phi) is 5.63. The molecule has 0 atom stereocenters. The summed E-state index contributed by atoms with van der Waals surface area (Å²) in [6.45, 7) is 4.72. The van der Waals surface area contributed by atoms with E-state index < -0.39 is 0 Å². The number of nitrogens with zero attached hydrogens (tertiary/aromatic N) is 2. The van der Waals surface area contributed by atoms with Crippen molar-refractivity contribution in [3.8, 4) is 0 Å². The Bertz CT molecular complexity index is 1260. The maximum Gasteiger partial charge on any atom is 0.281 e. The number of para-hydroxylation sites is 1. The molecule has 0 radical (unpaired) electrons. The largest absolute Gasteiger partial charge is 0.341 e. The van der Waals surface area contributed by atoms with Crippen LogP contribution in [0.2, 0.25) is 0 Å². The number of rotatable bonds is 6. The molecular formula is C23H22N4O2S. The van der Waals surface area contributed by atoms with E-state index in [9.17, 15) is 9.59 Å². The first-order chi connectivity index (χ1) is 14.6. The molecular weight excluding hydrogens is 396 g/mol. The van der Waals surface area contributed by atoms with Crippen molar-refractivity contribution in [1.82, 2.24) is 9.99 Å². The molecule has 0 unspecified atom stereocenters. The van der Waals surface area contributed by atoms with E-state index >= 15 is 0 Å². The van der Waals surface area contributed by atoms with Crippen LogP contribution in [0, 0.1) is 0 Å². The maximum atomic E-state index is 12.4. The molecule has 2 aromatic carbocycles. The molecule has 4 aromatic rings. The number of thiophene rings is 1. The second-order valence-corrected chi connectivity index (χ2v) is 7.93. The average molecular weight is 419 g/mol. The highest BCUT2D eigenvalue weighted by Gasteiger charge is 2.12. The molecule has 152 valence electrons. The number of hydrogen-bond acceptors (Lipinski definition) is 4. The fourth-order valence-electron chi connectivity index (χ4n) is 3.56. The van der Waals surface area contributed by atoms with Gasteiger partial charge in [-0.05, 0) is 49.6 Å². The van der Waals surface area contributed by atoms with Gasteiger partial charge in [0.05, 0.1) is 11.3 Å². The van der Waals surface area contributed by atoms with Crippen LogP contribution in [0.5, 0.6) is 0 Å². The lowest BCUT2D eigenvalue weighted by Gasteiger charge is -2.07. The van der Waals surface area contributed by atoms with Gasteiger partial charge in [-0.2, -0.15) is 5.10 Å². The first-order valence-electron chi connectivity index (χ1n) is 9.74. The molecule has 6 nitrogen and oxygen atoms in total. The molecule has 7 heteroatoms. The van der Waals surface area contributed by atoms with E-state index in [1.807, 2.05) is 35.7 Å². The SMILES string of the molecule is CCn1c2ccccc2c2cc(NC(=O)C/C(C)=N/NC(=O)c3cccs3)ccc21. The van der Waals surface area contributed by atoms with E-state index in [0.29, 0.717) is 10.6 Å². The first-order valence-corrected chi connectivity index (χ1v) is 10.6. The number of fused-ring (bicyclic) bond motifs is 3. The summed E-state index contributed by atoms with van der Waals surface area (Å²) >= 11 is 1.34. The van der Waals surface area contributed by atoms with Crippen molar-refractivity contribution in [1.29, 1.82) is 0 Å². The third-order valence-electron chi connectivity index (χ3n) is 4.88. The van der Waals surface area contributed by atoms with Crippen molar-refractivity contribution in [2.24, 2.45) is 5.10 Å². The molecule has 0 fully saturated rings. The van der Waals surface area contributed by atoms with Gasteiger partial charge in [-0.1, -0.05) is 24.3 Å². The van der Waals surface area contributed by atoms with Crippen molar-refractivity contribution in [3.63, 3.8) is 0 Å². The fourth-order valence-corrected chi connectivity index (χ4v) is 4.17. The number of aryl methyl sites for hydroxylation is 1. The van der Waals surface area contributed by atoms with Gasteiger partial charge in [0.1, 0.15) is 0 Å². The van der Waals surface area contributed by atoms with E-state index in [1.54, 1.807) is 19.1 Å². The number of amides is 2. The van der Waals surface area contributed by atoms with Crippen LogP contribution in [0.3, 0.4) is 0 Å². The second-order valence-electron chi connectivity index (χ2n) is 6.98. The van der Waals surface area contributed by atoms with Crippen LogP contribution >= 0.6 is 11.3 Å². The fraction of sp³-hybridized carbons (Fsp3) is 0.174. The lowest BCUT2D eigenvalue weighted by Crippen LogP contribution is -2.20. The number of benzene rings is 2. The summed E-state index contributed by atoms with van der Waals surface area (Å²) in [5.41, 5.74) is 6.08. The van der Waals surface area contributed by atoms with Crippen molar-refractivity contribution >= 4 is 56.4 Å². The van der Waals surface area contributed by atoms with Crippen LogP contribution in [0.25, 0.3) is 21.8 Å². The van der Waals surface area contributed by atoms with Crippen molar-refractivity contribution in [3.05, 3.63) is 64.9 Å². The highest BCUT2D eigenvalue weighted by molar-refractivity contribution is 7.12. The van der Waals surface area contributed by atoms with Crippen LogP contribution in [0.4, 0.5) is 5.69 Å². The van der Waals surface area contributed by atoms with E-state index in [1.165, 1.54) is 22.2 Å². The van der Waals surface area contributed by atoms with Crippen LogP contribution in [-0.4, -0.2) is 22.1 Å². The maximum absolute atomic E-state index is 12.4. The molecule has 4 rings (SSSR count). The number of nitrogens with one attached hydrogen (secondary N) is 2. The van der Waals surface area contributed by atoms with E-state index in [-0.39, 0.29) is 18.2 Å². The Morgan fingerprint density at radius 2 is 1.83 bits per heavy atom. The van der Waals surface area contributed by atoms with E-state index in [2.05, 4.69) is 39.5 Å². The number of hydrazone groups is 1. The lowest BCUT2D eigenvalue weighted by molar-refractivity contribution is -0.115. The molecule has 2 aromatic heterocycles. The average Bonchev–Trinajstić information content (AvgIpc) is 3.38. The molecule has 2 N–H and O–H groups in total. The molecule has 2 amide bonds. The lowest BCUT2D eigenvalue weighted by atomic mass is 10.1. The molecule has 2 heterocycles. The molecule has 0 saturated heterocycles. The Hall–Kier alpha value is -3.45. The van der Waals surface area contributed by atoms with Crippen LogP contribution in [-0.2, 0) is 11.3 Å². The summed E-state index contributed by atoms with van der Waals surface area (Å²) in [7, 11) is 0. The minimum absolute atomic E-state index is 0.0967. The Labute approximate surface area is 178 Å². The van der Waals surface area contributed by atoms with Gasteiger partial charge in [0, 0.05) is 39.7 Å². The molecule has 0 bridgehead atoms. The predicted molar refractivity (Wildman–Crippen MR) is 123 cm³/mol. The Balaban J connectivity index is 1.47. The highest BCUT2D eigenvalue weighted by atomic mass is 32.1. The van der Waals surface area contributed by atoms with Crippen LogP contribution in [0.1, 0.15) is 29.9 Å². The van der Waals surface area contributed by atoms with Crippen molar-refractivity contribution in [2.75, 3.05) is 5.32 Å². The van der Waals surface area contributed by atoms with Crippen molar-refractivity contribution in [2.45, 2.75) is 26.8 Å². The Morgan fingerprint density at radius 3 is 2.60 bits per heavy atom. The molecule has 0 saturated carbocycles. The van der Waals surface area contributed by atoms with Crippen LogP contribution < -0.4 is 10.7 Å². The third kappa shape index (κ3) is 3.97. The molecule has 30 heavy (non-hydrogen) atoms. The number of anilines is 1. The number of carbonyl (C=O) groups excluding carboxylic acids is 2. The van der Waals surface area contributed by atoms with Gasteiger partial charge in [0.15, 0.2) is 0 Å². The highest BCUT2D eigenvalue weighted by Crippen LogP contribution is 2.31. The molecule has 0 aliphatic rings. The van der Waals surface area contributed by atoms with E-state index in [0.717, 1.165) is 23.1 Å². The number of aromatic nitrogens is 1. The second kappa shape index (κ2) is 8.51. The van der Waals surface area contributed by atoms with Gasteiger partial charge in [-0.15, -0.1) is 11.3 Å². The predicted octanol–water partition coefficient (Wildman–Crippen LogP) is 5.01. The molecule has 0 aliphatic carbocycles. The zero-order chi connectivity index (χ0) is 21.1. The topological polar surface area (TPSA) is 75.5 Å². The zero-order valence-electron chi connectivity index (χ0n) is 16.8. The summed E-state index contributed by atoms with van der Waals surface area (Å²) in [6.07, 6.45) is 0.0967. The minimum atomic E-state index is -0.275. The smallest absolute Gasteiger partial charge is 0.281 e. The monoisotopic (exact) mass is 418 g/mol. The normalized spacial score (nSPS) is 11.7. The summed E-state index contributed by atoms with van der Waals surface area (Å²) < 4.78 is 2.27. The van der Waals surface area contributed by atoms with Gasteiger partial charge in [0.25, 0.3) is 5.91 Å². The van der Waals surface area contributed by atoms with Gasteiger partial charge in [-0.3, -0.25) is 9.59 Å². The summed E-state index contributed by atoms with van der Waals surface area (Å²) in [5, 5.41) is 11.1. The standard InChI is InChI=1S/C23H22N4O2S/c1-3-27-19-8-5-4-7-17(19)18-14-16(10-11-20(18)27)24-22(28)13-15(2)25-26-23(29)21-9-6-12-30-21/h4-12,14H,3,13H2,1-2H3,(H,24,28)(H,26,29)/b25-15+. The molecule has 0 spiro atoms. The van der Waals surface area contributed by atoms with Gasteiger partial charge in [0.2, 0.25) is 5.91 Å². The number of hydrogen-bond donors (Lipinski definition) is 2. The minimum Gasteiger partial charge on any atom is -0.341 e. The quantitative estimate of drug-likeness (QED) is 0.341. The third-order valence-corrected chi connectivity index (χ3v) is 5.75.